The summed E-state index contributed by atoms with van der Waals surface area (Å²) in [6.07, 6.45) is 0.369. The number of amides is 1. The van der Waals surface area contributed by atoms with Crippen molar-refractivity contribution < 1.29 is 4.79 Å². The van der Waals surface area contributed by atoms with Gasteiger partial charge < -0.3 is 4.90 Å². The van der Waals surface area contributed by atoms with E-state index in [0.29, 0.717) is 23.1 Å². The molecule has 0 aliphatic heterocycles. The quantitative estimate of drug-likeness (QED) is 0.465. The Morgan fingerprint density at radius 1 is 1.03 bits per heavy atom. The predicted molar refractivity (Wildman–Crippen MR) is 132 cm³/mol. The van der Waals surface area contributed by atoms with Crippen LogP contribution in [0.25, 0.3) is 10.2 Å². The molecule has 0 radical (unpaired) electrons. The topological polar surface area (TPSA) is 36.4 Å². The molecule has 0 unspecified atom stereocenters. The third kappa shape index (κ3) is 5.33. The maximum Gasteiger partial charge on any atom is 0.233 e. The molecule has 0 aliphatic rings. The highest BCUT2D eigenvalue weighted by Crippen LogP contribution is 2.36. The number of aryl methyl sites for hydroxylation is 4. The maximum atomic E-state index is 13.4. The lowest BCUT2D eigenvalue weighted by molar-refractivity contribution is -0.118. The molecule has 0 saturated heterocycles. The van der Waals surface area contributed by atoms with E-state index in [1.807, 2.05) is 38.1 Å². The van der Waals surface area contributed by atoms with Gasteiger partial charge in [0.1, 0.15) is 0 Å². The SMILES string of the molecule is Cc1cc(C)c(CC(=O)N(CCN(C)C)c2nc3c(C)ccc(Cl)c3s2)c(C)c1.Cl. The highest BCUT2D eigenvalue weighted by atomic mass is 35.5. The number of halogens is 2. The van der Waals surface area contributed by atoms with Crippen molar-refractivity contribution in [2.45, 2.75) is 34.1 Å². The Labute approximate surface area is 194 Å². The van der Waals surface area contributed by atoms with Crippen molar-refractivity contribution >= 4 is 56.6 Å². The number of carbonyl (C=O) groups excluding carboxylic acids is 1. The van der Waals surface area contributed by atoms with Gasteiger partial charge in [-0.15, -0.1) is 12.4 Å². The van der Waals surface area contributed by atoms with Crippen molar-refractivity contribution in [1.29, 1.82) is 0 Å². The molecule has 1 aromatic heterocycles. The zero-order chi connectivity index (χ0) is 21.3. The molecule has 0 saturated carbocycles. The summed E-state index contributed by atoms with van der Waals surface area (Å²) >= 11 is 7.89. The molecule has 3 aromatic rings. The van der Waals surface area contributed by atoms with Crippen LogP contribution >= 0.6 is 35.3 Å². The summed E-state index contributed by atoms with van der Waals surface area (Å²) in [5.41, 5.74) is 6.58. The molecule has 0 fully saturated rings. The number of anilines is 1. The Bertz CT molecular complexity index is 1000. The fraction of sp³-hybridized carbons (Fsp3) is 0.391. The van der Waals surface area contributed by atoms with Gasteiger partial charge in [0, 0.05) is 13.1 Å². The van der Waals surface area contributed by atoms with Crippen LogP contribution in [0.4, 0.5) is 5.13 Å². The summed E-state index contributed by atoms with van der Waals surface area (Å²) in [7, 11) is 4.02. The summed E-state index contributed by atoms with van der Waals surface area (Å²) in [5.74, 6) is 0.0646. The van der Waals surface area contributed by atoms with Crippen LogP contribution in [0.3, 0.4) is 0 Å². The Morgan fingerprint density at radius 2 is 1.67 bits per heavy atom. The Balaban J connectivity index is 0.00000320. The van der Waals surface area contributed by atoms with Crippen LogP contribution in [0.5, 0.6) is 0 Å². The van der Waals surface area contributed by atoms with Gasteiger partial charge in [0.15, 0.2) is 5.13 Å². The van der Waals surface area contributed by atoms with Crippen LogP contribution in [-0.2, 0) is 11.2 Å². The molecule has 3 rings (SSSR count). The van der Waals surface area contributed by atoms with E-state index >= 15 is 0 Å². The maximum absolute atomic E-state index is 13.4. The highest BCUT2D eigenvalue weighted by molar-refractivity contribution is 7.23. The normalized spacial score (nSPS) is 11.1. The Morgan fingerprint density at radius 3 is 2.23 bits per heavy atom. The average Bonchev–Trinajstić information content (AvgIpc) is 3.07. The zero-order valence-electron chi connectivity index (χ0n) is 18.4. The summed E-state index contributed by atoms with van der Waals surface area (Å²) in [5, 5.41) is 1.39. The van der Waals surface area contributed by atoms with E-state index in [2.05, 4.69) is 37.8 Å². The Kier molecular flexibility index (Phi) is 8.28. The van der Waals surface area contributed by atoms with Gasteiger partial charge in [-0.2, -0.15) is 0 Å². The molecule has 162 valence electrons. The summed E-state index contributed by atoms with van der Waals surface area (Å²) in [4.78, 5) is 22.1. The second-order valence-electron chi connectivity index (χ2n) is 7.94. The van der Waals surface area contributed by atoms with Crippen LogP contribution < -0.4 is 4.90 Å². The first-order valence-electron chi connectivity index (χ1n) is 9.75. The summed E-state index contributed by atoms with van der Waals surface area (Å²) in [6.45, 7) is 9.61. The van der Waals surface area contributed by atoms with E-state index in [-0.39, 0.29) is 18.3 Å². The van der Waals surface area contributed by atoms with Gasteiger partial charge in [-0.1, -0.05) is 46.7 Å². The molecule has 4 nitrogen and oxygen atoms in total. The summed E-state index contributed by atoms with van der Waals surface area (Å²) in [6, 6.07) is 8.15. The van der Waals surface area contributed by atoms with Gasteiger partial charge in [-0.05, 0) is 70.1 Å². The average molecular weight is 466 g/mol. The van der Waals surface area contributed by atoms with Crippen LogP contribution in [0, 0.1) is 27.7 Å². The summed E-state index contributed by atoms with van der Waals surface area (Å²) < 4.78 is 0.937. The second kappa shape index (κ2) is 10.1. The molecule has 0 aliphatic carbocycles. The van der Waals surface area contributed by atoms with Crippen molar-refractivity contribution in [2.24, 2.45) is 0 Å². The first-order valence-corrected chi connectivity index (χ1v) is 10.9. The van der Waals surface area contributed by atoms with E-state index in [4.69, 9.17) is 16.6 Å². The molecule has 1 amide bonds. The fourth-order valence-electron chi connectivity index (χ4n) is 3.57. The number of thiazole rings is 1. The third-order valence-electron chi connectivity index (χ3n) is 5.16. The first-order chi connectivity index (χ1) is 13.7. The number of rotatable bonds is 6. The van der Waals surface area contributed by atoms with E-state index in [1.165, 1.54) is 16.9 Å². The number of hydrogen-bond donors (Lipinski definition) is 0. The van der Waals surface area contributed by atoms with Gasteiger partial charge in [0.25, 0.3) is 0 Å². The highest BCUT2D eigenvalue weighted by Gasteiger charge is 2.22. The van der Waals surface area contributed by atoms with Crippen LogP contribution in [0.2, 0.25) is 5.02 Å². The fourth-order valence-corrected chi connectivity index (χ4v) is 4.93. The number of carbonyl (C=O) groups is 1. The lowest BCUT2D eigenvalue weighted by Crippen LogP contribution is -2.37. The molecule has 0 spiro atoms. The number of likely N-dealkylation sites (N-methyl/N-ethyl adjacent to an activating group) is 1. The van der Waals surface area contributed by atoms with Gasteiger partial charge in [-0.3, -0.25) is 9.69 Å². The van der Waals surface area contributed by atoms with Crippen molar-refractivity contribution in [3.8, 4) is 0 Å². The van der Waals surface area contributed by atoms with Crippen molar-refractivity contribution in [3.63, 3.8) is 0 Å². The van der Waals surface area contributed by atoms with E-state index in [1.54, 1.807) is 0 Å². The third-order valence-corrected chi connectivity index (χ3v) is 6.70. The molecular formula is C23H29Cl2N3OS. The van der Waals surface area contributed by atoms with Crippen LogP contribution in [0.15, 0.2) is 24.3 Å². The molecule has 30 heavy (non-hydrogen) atoms. The van der Waals surface area contributed by atoms with E-state index in [0.717, 1.165) is 39.0 Å². The Hall–Kier alpha value is -1.66. The van der Waals surface area contributed by atoms with Crippen LogP contribution in [0.1, 0.15) is 27.8 Å². The molecular weight excluding hydrogens is 437 g/mol. The van der Waals surface area contributed by atoms with Gasteiger partial charge >= 0.3 is 0 Å². The minimum absolute atomic E-state index is 0. The largest absolute Gasteiger partial charge is 0.308 e. The van der Waals surface area contributed by atoms with Crippen molar-refractivity contribution in [3.05, 3.63) is 57.1 Å². The van der Waals surface area contributed by atoms with Crippen molar-refractivity contribution in [1.82, 2.24) is 9.88 Å². The predicted octanol–water partition coefficient (Wildman–Crippen LogP) is 5.74. The van der Waals surface area contributed by atoms with Gasteiger partial charge in [-0.25, -0.2) is 4.98 Å². The molecule has 7 heteroatoms. The molecule has 1 heterocycles. The molecule has 0 N–H and O–H groups in total. The number of aromatic nitrogens is 1. The van der Waals surface area contributed by atoms with Gasteiger partial charge in [0.05, 0.1) is 21.7 Å². The number of nitrogens with zero attached hydrogens (tertiary/aromatic N) is 3. The number of benzene rings is 2. The smallest absolute Gasteiger partial charge is 0.233 e. The standard InChI is InChI=1S/C23H28ClN3OS.ClH/c1-14-11-16(3)18(17(4)12-14)13-20(28)27(10-9-26(5)6)23-25-21-15(2)7-8-19(24)22(21)29-23;/h7-8,11-12H,9-10,13H2,1-6H3;1H. The van der Waals surface area contributed by atoms with E-state index in [9.17, 15) is 4.79 Å². The zero-order valence-corrected chi connectivity index (χ0v) is 20.8. The van der Waals surface area contributed by atoms with Gasteiger partial charge in [0.2, 0.25) is 5.91 Å². The van der Waals surface area contributed by atoms with Crippen LogP contribution in [-0.4, -0.2) is 43.0 Å². The number of hydrogen-bond acceptors (Lipinski definition) is 4. The number of fused-ring (bicyclic) bond motifs is 1. The molecule has 0 bridgehead atoms. The monoisotopic (exact) mass is 465 g/mol. The minimum Gasteiger partial charge on any atom is -0.308 e. The minimum atomic E-state index is 0. The lowest BCUT2D eigenvalue weighted by atomic mass is 9.97. The molecule has 2 aromatic carbocycles. The van der Waals surface area contributed by atoms with E-state index < -0.39 is 0 Å². The van der Waals surface area contributed by atoms with Crippen molar-refractivity contribution in [2.75, 3.05) is 32.1 Å². The first kappa shape index (κ1) is 24.6. The second-order valence-corrected chi connectivity index (χ2v) is 9.33. The molecule has 0 atom stereocenters. The lowest BCUT2D eigenvalue weighted by Gasteiger charge is -2.23.